The lowest BCUT2D eigenvalue weighted by Gasteiger charge is -2.06. The van der Waals surface area contributed by atoms with Crippen LogP contribution in [0.5, 0.6) is 5.75 Å². The smallest absolute Gasteiger partial charge is 0.116 e. The summed E-state index contributed by atoms with van der Waals surface area (Å²) in [5, 5.41) is 9.54. The summed E-state index contributed by atoms with van der Waals surface area (Å²) < 4.78 is 0. The van der Waals surface area contributed by atoms with Crippen molar-refractivity contribution in [3.63, 3.8) is 0 Å². The van der Waals surface area contributed by atoms with Crippen LogP contribution in [0.3, 0.4) is 0 Å². The molecule has 91 valence electrons. The zero-order chi connectivity index (χ0) is 13.1. The fourth-order valence-corrected chi connectivity index (χ4v) is 2.12. The highest BCUT2D eigenvalue weighted by Gasteiger charge is 2.02. The van der Waals surface area contributed by atoms with Gasteiger partial charge in [0.05, 0.1) is 0 Å². The second-order valence-corrected chi connectivity index (χ2v) is 4.41. The topological polar surface area (TPSA) is 20.2 Å². The van der Waals surface area contributed by atoms with Crippen LogP contribution in [0.2, 0.25) is 0 Å². The fraction of sp³-hybridized carbons (Fsp3) is 0. The molecule has 0 unspecified atom stereocenters. The number of rotatable bonds is 2. The van der Waals surface area contributed by atoms with Crippen LogP contribution in [0.25, 0.3) is 22.3 Å². The zero-order valence-electron chi connectivity index (χ0n) is 10.4. The average Bonchev–Trinajstić information content (AvgIpc) is 2.48. The second-order valence-electron chi connectivity index (χ2n) is 4.41. The van der Waals surface area contributed by atoms with Crippen molar-refractivity contribution in [3.05, 3.63) is 78.9 Å². The van der Waals surface area contributed by atoms with Crippen LogP contribution >= 0.6 is 0 Å². The Kier molecular flexibility index (Phi) is 3.03. The Balaban J connectivity index is 2.06. The highest BCUT2D eigenvalue weighted by atomic mass is 16.3. The van der Waals surface area contributed by atoms with Crippen molar-refractivity contribution in [1.82, 2.24) is 0 Å². The summed E-state index contributed by atoms with van der Waals surface area (Å²) in [6, 6.07) is 26.7. The third-order valence-corrected chi connectivity index (χ3v) is 3.07. The molecular weight excluding hydrogens is 232 g/mol. The van der Waals surface area contributed by atoms with Gasteiger partial charge < -0.3 is 5.11 Å². The number of benzene rings is 3. The Morgan fingerprint density at radius 2 is 1.42 bits per heavy atom. The highest BCUT2D eigenvalue weighted by Crippen LogP contribution is 2.27. The Bertz CT molecular complexity index is 687. The van der Waals surface area contributed by atoms with Crippen LogP contribution < -0.4 is 0 Å². The lowest BCUT2D eigenvalue weighted by Crippen LogP contribution is -1.81. The summed E-state index contributed by atoms with van der Waals surface area (Å²) in [6.07, 6.45) is 0. The molecule has 0 aliphatic rings. The van der Waals surface area contributed by atoms with Gasteiger partial charge in [-0.1, -0.05) is 54.6 Å². The van der Waals surface area contributed by atoms with Crippen molar-refractivity contribution in [3.8, 4) is 28.0 Å². The zero-order valence-corrected chi connectivity index (χ0v) is 10.4. The van der Waals surface area contributed by atoms with Gasteiger partial charge in [-0.25, -0.2) is 0 Å². The van der Waals surface area contributed by atoms with Gasteiger partial charge in [-0.3, -0.25) is 0 Å². The maximum Gasteiger partial charge on any atom is 0.116 e. The predicted molar refractivity (Wildman–Crippen MR) is 77.8 cm³/mol. The Morgan fingerprint density at radius 1 is 0.684 bits per heavy atom. The molecule has 0 bridgehead atoms. The molecule has 0 fully saturated rings. The van der Waals surface area contributed by atoms with Gasteiger partial charge in [-0.2, -0.15) is 0 Å². The van der Waals surface area contributed by atoms with E-state index in [2.05, 4.69) is 30.3 Å². The van der Waals surface area contributed by atoms with Crippen molar-refractivity contribution >= 4 is 0 Å². The molecule has 3 aromatic carbocycles. The first-order chi connectivity index (χ1) is 9.33. The largest absolute Gasteiger partial charge is 0.508 e. The molecule has 19 heavy (non-hydrogen) atoms. The summed E-state index contributed by atoms with van der Waals surface area (Å²) in [5.74, 6) is 0.263. The molecule has 3 rings (SSSR count). The normalized spacial score (nSPS) is 10.3. The minimum absolute atomic E-state index is 0.263. The van der Waals surface area contributed by atoms with Gasteiger partial charge in [0.25, 0.3) is 0 Å². The lowest BCUT2D eigenvalue weighted by atomic mass is 9.99. The lowest BCUT2D eigenvalue weighted by molar-refractivity contribution is 0.475. The van der Waals surface area contributed by atoms with Gasteiger partial charge in [0.2, 0.25) is 0 Å². The van der Waals surface area contributed by atoms with E-state index in [0.29, 0.717) is 0 Å². The Hall–Kier alpha value is -2.54. The predicted octanol–water partition coefficient (Wildman–Crippen LogP) is 4.53. The van der Waals surface area contributed by atoms with Gasteiger partial charge in [0.15, 0.2) is 0 Å². The molecule has 0 saturated heterocycles. The number of phenolic OH excluding ortho intramolecular Hbond substituents is 1. The van der Waals surface area contributed by atoms with E-state index in [-0.39, 0.29) is 5.75 Å². The third-order valence-electron chi connectivity index (χ3n) is 3.07. The van der Waals surface area contributed by atoms with E-state index in [1.807, 2.05) is 30.3 Å². The van der Waals surface area contributed by atoms with E-state index >= 15 is 0 Å². The number of hydrogen-bond donors (Lipinski definition) is 1. The number of phenols is 1. The molecule has 0 saturated carbocycles. The molecule has 0 spiro atoms. The molecular formula is C18H13O. The number of aromatic hydroxyl groups is 1. The van der Waals surface area contributed by atoms with Gasteiger partial charge in [-0.15, -0.1) is 0 Å². The van der Waals surface area contributed by atoms with Crippen LogP contribution in [0.1, 0.15) is 0 Å². The molecule has 0 heterocycles. The van der Waals surface area contributed by atoms with E-state index < -0.39 is 0 Å². The molecule has 1 heteroatoms. The van der Waals surface area contributed by atoms with E-state index in [1.165, 1.54) is 5.56 Å². The van der Waals surface area contributed by atoms with Crippen LogP contribution in [-0.2, 0) is 0 Å². The van der Waals surface area contributed by atoms with Crippen molar-refractivity contribution in [2.45, 2.75) is 0 Å². The van der Waals surface area contributed by atoms with Gasteiger partial charge in [0, 0.05) is 0 Å². The maximum absolute atomic E-state index is 9.54. The maximum atomic E-state index is 9.54. The number of hydrogen-bond acceptors (Lipinski definition) is 1. The molecule has 0 aromatic heterocycles. The average molecular weight is 245 g/mol. The molecule has 1 radical (unpaired) electrons. The standard InChI is InChI=1S/C18H13O/c19-18-11-5-10-17(13-18)16-9-4-8-15(12-16)14-6-2-1-3-7-14/h1-9,11-13,19H. The van der Waals surface area contributed by atoms with Gasteiger partial charge in [0.1, 0.15) is 5.75 Å². The molecule has 0 amide bonds. The first kappa shape index (κ1) is 11.5. The summed E-state index contributed by atoms with van der Waals surface area (Å²) in [7, 11) is 0. The highest BCUT2D eigenvalue weighted by molar-refractivity contribution is 5.73. The van der Waals surface area contributed by atoms with Crippen LogP contribution in [-0.4, -0.2) is 5.11 Å². The molecule has 1 nitrogen and oxygen atoms in total. The van der Waals surface area contributed by atoms with Crippen LogP contribution in [0.15, 0.2) is 72.8 Å². The van der Waals surface area contributed by atoms with E-state index in [0.717, 1.165) is 16.7 Å². The Morgan fingerprint density at radius 3 is 2.21 bits per heavy atom. The minimum Gasteiger partial charge on any atom is -0.508 e. The molecule has 1 N–H and O–H groups in total. The van der Waals surface area contributed by atoms with E-state index in [9.17, 15) is 5.11 Å². The summed E-state index contributed by atoms with van der Waals surface area (Å²) in [5.41, 5.74) is 4.30. The monoisotopic (exact) mass is 245 g/mol. The molecule has 0 aliphatic carbocycles. The third kappa shape index (κ3) is 2.50. The second kappa shape index (κ2) is 4.99. The molecule has 3 aromatic rings. The fourth-order valence-electron chi connectivity index (χ4n) is 2.12. The van der Waals surface area contributed by atoms with Crippen molar-refractivity contribution in [1.29, 1.82) is 0 Å². The molecule has 0 atom stereocenters. The first-order valence-corrected chi connectivity index (χ1v) is 6.19. The summed E-state index contributed by atoms with van der Waals surface area (Å²) in [4.78, 5) is 0. The van der Waals surface area contributed by atoms with Crippen molar-refractivity contribution in [2.24, 2.45) is 0 Å². The first-order valence-electron chi connectivity index (χ1n) is 6.19. The SMILES string of the molecule is Oc1cc[c]c(-c2cccc(-c3ccccc3)c2)c1. The minimum atomic E-state index is 0.263. The van der Waals surface area contributed by atoms with Crippen molar-refractivity contribution in [2.75, 3.05) is 0 Å². The van der Waals surface area contributed by atoms with E-state index in [1.54, 1.807) is 18.2 Å². The quantitative estimate of drug-likeness (QED) is 0.703. The van der Waals surface area contributed by atoms with Crippen LogP contribution in [0, 0.1) is 6.07 Å². The van der Waals surface area contributed by atoms with Crippen molar-refractivity contribution < 1.29 is 5.11 Å². The van der Waals surface area contributed by atoms with Gasteiger partial charge >= 0.3 is 0 Å². The summed E-state index contributed by atoms with van der Waals surface area (Å²) >= 11 is 0. The van der Waals surface area contributed by atoms with Gasteiger partial charge in [-0.05, 0) is 46.5 Å². The van der Waals surface area contributed by atoms with E-state index in [4.69, 9.17) is 0 Å². The molecule has 0 aliphatic heterocycles. The van der Waals surface area contributed by atoms with Crippen LogP contribution in [0.4, 0.5) is 0 Å². The Labute approximate surface area is 112 Å². The summed E-state index contributed by atoms with van der Waals surface area (Å²) in [6.45, 7) is 0.